The normalized spacial score (nSPS) is 10.5. The Balaban J connectivity index is 1.57. The molecule has 150 valence electrons. The number of benzene rings is 2. The number of nitrogens with zero attached hydrogens (tertiary/aromatic N) is 2. The van der Waals surface area contributed by atoms with Crippen LogP contribution >= 0.6 is 0 Å². The summed E-state index contributed by atoms with van der Waals surface area (Å²) in [6.45, 7) is 0.960. The van der Waals surface area contributed by atoms with Crippen LogP contribution < -0.4 is 0 Å². The van der Waals surface area contributed by atoms with Crippen molar-refractivity contribution in [2.75, 3.05) is 26.9 Å². The minimum absolute atomic E-state index is 0.261. The van der Waals surface area contributed by atoms with Crippen molar-refractivity contribution in [3.63, 3.8) is 0 Å². The van der Waals surface area contributed by atoms with E-state index in [4.69, 9.17) is 9.47 Å². The van der Waals surface area contributed by atoms with Gasteiger partial charge in [0.2, 0.25) is 0 Å². The second kappa shape index (κ2) is 10.2. The Bertz CT molecular complexity index is 906. The zero-order valence-electron chi connectivity index (χ0n) is 16.4. The first-order chi connectivity index (χ1) is 14.2. The molecule has 6 heteroatoms. The number of carbonyl (C=O) groups excluding carboxylic acids is 2. The van der Waals surface area contributed by atoms with Crippen LogP contribution in [0.1, 0.15) is 15.9 Å². The van der Waals surface area contributed by atoms with Gasteiger partial charge in [-0.05, 0) is 42.0 Å². The molecule has 0 aliphatic heterocycles. The number of hydrogen-bond acceptors (Lipinski definition) is 4. The van der Waals surface area contributed by atoms with Crippen LogP contribution in [0.15, 0.2) is 79.1 Å². The van der Waals surface area contributed by atoms with Gasteiger partial charge in [-0.1, -0.05) is 30.3 Å². The van der Waals surface area contributed by atoms with E-state index in [0.29, 0.717) is 25.3 Å². The van der Waals surface area contributed by atoms with Crippen LogP contribution in [0.4, 0.5) is 0 Å². The molecule has 0 saturated heterocycles. The summed E-state index contributed by atoms with van der Waals surface area (Å²) in [5.74, 6) is -0.785. The fraction of sp³-hybridized carbons (Fsp3) is 0.217. The molecule has 2 aromatic carbocycles. The van der Waals surface area contributed by atoms with Crippen molar-refractivity contribution < 1.29 is 19.1 Å². The summed E-state index contributed by atoms with van der Waals surface area (Å²) in [5.41, 5.74) is 2.35. The maximum atomic E-state index is 12.6. The fourth-order valence-electron chi connectivity index (χ4n) is 2.88. The Morgan fingerprint density at radius 1 is 0.931 bits per heavy atom. The van der Waals surface area contributed by atoms with Gasteiger partial charge in [0.25, 0.3) is 5.91 Å². The van der Waals surface area contributed by atoms with Crippen molar-refractivity contribution in [2.24, 2.45) is 0 Å². The third-order valence-corrected chi connectivity index (χ3v) is 4.47. The first-order valence-corrected chi connectivity index (χ1v) is 9.38. The van der Waals surface area contributed by atoms with Crippen molar-refractivity contribution in [3.8, 4) is 5.69 Å². The topological polar surface area (TPSA) is 60.8 Å². The van der Waals surface area contributed by atoms with E-state index in [9.17, 15) is 9.59 Å². The van der Waals surface area contributed by atoms with Crippen LogP contribution in [0.25, 0.3) is 5.69 Å². The Hall–Kier alpha value is -3.38. The molecule has 29 heavy (non-hydrogen) atoms. The number of hydrogen-bond donors (Lipinski definition) is 0. The minimum atomic E-state index is -0.524. The summed E-state index contributed by atoms with van der Waals surface area (Å²) < 4.78 is 12.3. The lowest BCUT2D eigenvalue weighted by Crippen LogP contribution is -2.36. The van der Waals surface area contributed by atoms with Gasteiger partial charge < -0.3 is 18.9 Å². The van der Waals surface area contributed by atoms with Crippen molar-refractivity contribution in [3.05, 3.63) is 90.3 Å². The second-order valence-electron chi connectivity index (χ2n) is 6.51. The van der Waals surface area contributed by atoms with Gasteiger partial charge in [-0.2, -0.15) is 0 Å². The van der Waals surface area contributed by atoms with E-state index in [2.05, 4.69) is 0 Å². The molecule has 0 aliphatic rings. The number of amides is 1. The van der Waals surface area contributed by atoms with E-state index in [1.807, 2.05) is 71.6 Å². The molecule has 0 atom stereocenters. The van der Waals surface area contributed by atoms with Crippen LogP contribution in [-0.4, -0.2) is 48.2 Å². The molecule has 1 heterocycles. The molecule has 0 bridgehead atoms. The van der Waals surface area contributed by atoms with Gasteiger partial charge in [0.1, 0.15) is 0 Å². The highest BCUT2D eigenvalue weighted by Crippen LogP contribution is 2.11. The Kier molecular flexibility index (Phi) is 7.19. The van der Waals surface area contributed by atoms with Gasteiger partial charge in [-0.25, -0.2) is 4.79 Å². The lowest BCUT2D eigenvalue weighted by molar-refractivity contribution is -0.135. The molecule has 0 saturated carbocycles. The molecule has 6 nitrogen and oxygen atoms in total. The Morgan fingerprint density at radius 3 is 2.28 bits per heavy atom. The summed E-state index contributed by atoms with van der Waals surface area (Å²) >= 11 is 0. The summed E-state index contributed by atoms with van der Waals surface area (Å²) in [6, 6.07) is 20.6. The summed E-state index contributed by atoms with van der Waals surface area (Å²) in [5, 5.41) is 0. The number of carbonyl (C=O) groups is 2. The standard InChI is InChI=1S/C23H24N2O4/c1-28-16-15-25(17-19-7-3-2-4-8-19)22(26)18-29-23(27)20-9-11-21(12-10-20)24-13-5-6-14-24/h2-14H,15-18H2,1H3. The summed E-state index contributed by atoms with van der Waals surface area (Å²) in [4.78, 5) is 26.5. The molecular formula is C23H24N2O4. The number of rotatable bonds is 9. The third-order valence-electron chi connectivity index (χ3n) is 4.47. The van der Waals surface area contributed by atoms with E-state index < -0.39 is 5.97 Å². The zero-order chi connectivity index (χ0) is 20.5. The van der Waals surface area contributed by atoms with Gasteiger partial charge in [0.05, 0.1) is 12.2 Å². The lowest BCUT2D eigenvalue weighted by Gasteiger charge is -2.22. The number of aromatic nitrogens is 1. The molecular weight excluding hydrogens is 368 g/mol. The maximum Gasteiger partial charge on any atom is 0.338 e. The van der Waals surface area contributed by atoms with Crippen LogP contribution in [0.5, 0.6) is 0 Å². The Morgan fingerprint density at radius 2 is 1.62 bits per heavy atom. The molecule has 3 rings (SSSR count). The molecule has 0 fully saturated rings. The van der Waals surface area contributed by atoms with Crippen molar-refractivity contribution in [1.29, 1.82) is 0 Å². The molecule has 1 aromatic heterocycles. The van der Waals surface area contributed by atoms with Gasteiger partial charge >= 0.3 is 5.97 Å². The maximum absolute atomic E-state index is 12.6. The zero-order valence-corrected chi connectivity index (χ0v) is 16.4. The van der Waals surface area contributed by atoms with E-state index in [0.717, 1.165) is 11.3 Å². The van der Waals surface area contributed by atoms with Crippen LogP contribution in [0, 0.1) is 0 Å². The molecule has 1 amide bonds. The van der Waals surface area contributed by atoms with E-state index in [1.165, 1.54) is 0 Å². The summed E-state index contributed by atoms with van der Waals surface area (Å²) in [7, 11) is 1.59. The SMILES string of the molecule is COCCN(Cc1ccccc1)C(=O)COC(=O)c1ccc(-n2cccc2)cc1. The van der Waals surface area contributed by atoms with Gasteiger partial charge in [-0.3, -0.25) is 4.79 Å². The van der Waals surface area contributed by atoms with Crippen LogP contribution in [0.3, 0.4) is 0 Å². The highest BCUT2D eigenvalue weighted by atomic mass is 16.5. The molecule has 0 N–H and O–H groups in total. The van der Waals surface area contributed by atoms with E-state index in [-0.39, 0.29) is 12.5 Å². The van der Waals surface area contributed by atoms with Crippen molar-refractivity contribution >= 4 is 11.9 Å². The molecule has 0 aliphatic carbocycles. The molecule has 0 radical (unpaired) electrons. The van der Waals surface area contributed by atoms with Crippen molar-refractivity contribution in [2.45, 2.75) is 6.54 Å². The number of esters is 1. The van der Waals surface area contributed by atoms with E-state index >= 15 is 0 Å². The lowest BCUT2D eigenvalue weighted by atomic mass is 10.2. The molecule has 0 unspecified atom stereocenters. The van der Waals surface area contributed by atoms with Crippen LogP contribution in [-0.2, 0) is 20.8 Å². The minimum Gasteiger partial charge on any atom is -0.452 e. The van der Waals surface area contributed by atoms with Crippen molar-refractivity contribution in [1.82, 2.24) is 9.47 Å². The van der Waals surface area contributed by atoms with Gasteiger partial charge in [0.15, 0.2) is 6.61 Å². The average Bonchev–Trinajstić information content (AvgIpc) is 3.30. The Labute approximate surface area is 170 Å². The number of ether oxygens (including phenoxy) is 2. The van der Waals surface area contributed by atoms with E-state index in [1.54, 1.807) is 24.1 Å². The quantitative estimate of drug-likeness (QED) is 0.524. The predicted octanol–water partition coefficient (Wildman–Crippen LogP) is 3.31. The third kappa shape index (κ3) is 5.80. The summed E-state index contributed by atoms with van der Waals surface area (Å²) in [6.07, 6.45) is 3.85. The smallest absolute Gasteiger partial charge is 0.338 e. The number of methoxy groups -OCH3 is 1. The molecule has 0 spiro atoms. The van der Waals surface area contributed by atoms with Gasteiger partial charge in [-0.15, -0.1) is 0 Å². The largest absolute Gasteiger partial charge is 0.452 e. The molecule has 3 aromatic rings. The van der Waals surface area contributed by atoms with Gasteiger partial charge in [0, 0.05) is 38.3 Å². The highest BCUT2D eigenvalue weighted by Gasteiger charge is 2.17. The first-order valence-electron chi connectivity index (χ1n) is 9.38. The monoisotopic (exact) mass is 392 g/mol. The highest BCUT2D eigenvalue weighted by molar-refractivity contribution is 5.91. The van der Waals surface area contributed by atoms with Crippen LogP contribution in [0.2, 0.25) is 0 Å². The fourth-order valence-corrected chi connectivity index (χ4v) is 2.88. The second-order valence-corrected chi connectivity index (χ2v) is 6.51. The predicted molar refractivity (Wildman–Crippen MR) is 110 cm³/mol. The average molecular weight is 392 g/mol. The first kappa shape index (κ1) is 20.4.